The van der Waals surface area contributed by atoms with E-state index in [1.165, 1.54) is 0 Å². The van der Waals surface area contributed by atoms with Crippen molar-refractivity contribution in [3.63, 3.8) is 0 Å². The van der Waals surface area contributed by atoms with Gasteiger partial charge in [-0.1, -0.05) is 6.07 Å². The van der Waals surface area contributed by atoms with Crippen LogP contribution in [-0.4, -0.2) is 17.4 Å². The average molecular weight is 254 g/mol. The molecule has 0 radical (unpaired) electrons. The van der Waals surface area contributed by atoms with Crippen LogP contribution < -0.4 is 11.1 Å². The lowest BCUT2D eigenvalue weighted by atomic mass is 10.0. The summed E-state index contributed by atoms with van der Waals surface area (Å²) in [6, 6.07) is 6.00. The van der Waals surface area contributed by atoms with Gasteiger partial charge in [0.1, 0.15) is 0 Å². The SMILES string of the molecule is NC(CCS)c1ccc2c(c1)NC(=O)CS2. The average Bonchev–Trinajstić information content (AvgIpc) is 2.28. The van der Waals surface area contributed by atoms with Gasteiger partial charge in [0.05, 0.1) is 11.4 Å². The highest BCUT2D eigenvalue weighted by molar-refractivity contribution is 8.00. The Kier molecular flexibility index (Phi) is 3.78. The van der Waals surface area contributed by atoms with E-state index in [0.29, 0.717) is 5.75 Å². The van der Waals surface area contributed by atoms with Crippen molar-refractivity contribution in [2.24, 2.45) is 5.73 Å². The molecule has 0 fully saturated rings. The summed E-state index contributed by atoms with van der Waals surface area (Å²) >= 11 is 5.73. The van der Waals surface area contributed by atoms with Gasteiger partial charge in [0, 0.05) is 10.9 Å². The third kappa shape index (κ3) is 2.53. The minimum atomic E-state index is -0.00775. The molecule has 1 unspecified atom stereocenters. The van der Waals surface area contributed by atoms with Gasteiger partial charge < -0.3 is 11.1 Å². The number of thioether (sulfide) groups is 1. The van der Waals surface area contributed by atoms with Crippen LogP contribution in [-0.2, 0) is 4.79 Å². The van der Waals surface area contributed by atoms with Crippen molar-refractivity contribution in [3.8, 4) is 0 Å². The number of thiol groups is 1. The standard InChI is InChI=1S/C11H14N2OS2/c12-8(3-4-15)7-1-2-10-9(5-7)13-11(14)6-16-10/h1-2,5,8,15H,3-4,6,12H2,(H,13,14). The van der Waals surface area contributed by atoms with E-state index < -0.39 is 0 Å². The Morgan fingerprint density at radius 3 is 3.12 bits per heavy atom. The van der Waals surface area contributed by atoms with Gasteiger partial charge in [0.15, 0.2) is 0 Å². The zero-order valence-electron chi connectivity index (χ0n) is 8.77. The second-order valence-corrected chi connectivity index (χ2v) is 5.18. The Balaban J connectivity index is 2.24. The molecule has 16 heavy (non-hydrogen) atoms. The van der Waals surface area contributed by atoms with E-state index in [1.807, 2.05) is 18.2 Å². The number of carbonyl (C=O) groups excluding carboxylic acids is 1. The maximum absolute atomic E-state index is 11.3. The summed E-state index contributed by atoms with van der Waals surface area (Å²) in [5, 5.41) is 2.86. The van der Waals surface area contributed by atoms with E-state index in [2.05, 4.69) is 17.9 Å². The lowest BCUT2D eigenvalue weighted by Crippen LogP contribution is -2.19. The molecule has 1 aromatic carbocycles. The van der Waals surface area contributed by atoms with Gasteiger partial charge in [-0.25, -0.2) is 0 Å². The molecule has 1 amide bonds. The molecule has 86 valence electrons. The van der Waals surface area contributed by atoms with Gasteiger partial charge in [-0.05, 0) is 29.9 Å². The molecule has 1 aromatic rings. The Morgan fingerprint density at radius 1 is 1.56 bits per heavy atom. The highest BCUT2D eigenvalue weighted by Gasteiger charge is 2.16. The fourth-order valence-electron chi connectivity index (χ4n) is 1.64. The molecule has 1 heterocycles. The number of nitrogens with two attached hydrogens (primary N) is 1. The number of hydrogen-bond donors (Lipinski definition) is 3. The quantitative estimate of drug-likeness (QED) is 0.724. The summed E-state index contributed by atoms with van der Waals surface area (Å²) in [6.07, 6.45) is 0.836. The summed E-state index contributed by atoms with van der Waals surface area (Å²) in [7, 11) is 0. The highest BCUT2D eigenvalue weighted by atomic mass is 32.2. The van der Waals surface area contributed by atoms with Gasteiger partial charge in [-0.15, -0.1) is 11.8 Å². The second kappa shape index (κ2) is 5.12. The molecule has 0 bridgehead atoms. The van der Waals surface area contributed by atoms with Crippen molar-refractivity contribution in [2.45, 2.75) is 17.4 Å². The summed E-state index contributed by atoms with van der Waals surface area (Å²) in [5.74, 6) is 1.31. The minimum Gasteiger partial charge on any atom is -0.324 e. The van der Waals surface area contributed by atoms with Crippen molar-refractivity contribution in [1.29, 1.82) is 0 Å². The van der Waals surface area contributed by atoms with Gasteiger partial charge in [0.2, 0.25) is 5.91 Å². The number of carbonyl (C=O) groups is 1. The highest BCUT2D eigenvalue weighted by Crippen LogP contribution is 2.33. The summed E-state index contributed by atoms with van der Waals surface area (Å²) in [6.45, 7) is 0. The first-order valence-corrected chi connectivity index (χ1v) is 6.75. The van der Waals surface area contributed by atoms with Crippen molar-refractivity contribution in [3.05, 3.63) is 23.8 Å². The maximum Gasteiger partial charge on any atom is 0.234 e. The number of hydrogen-bond acceptors (Lipinski definition) is 4. The third-order valence-corrected chi connectivity index (χ3v) is 3.84. The van der Waals surface area contributed by atoms with E-state index in [-0.39, 0.29) is 11.9 Å². The summed E-state index contributed by atoms with van der Waals surface area (Å²) in [5.41, 5.74) is 7.94. The summed E-state index contributed by atoms with van der Waals surface area (Å²) < 4.78 is 0. The van der Waals surface area contributed by atoms with Crippen LogP contribution in [0.1, 0.15) is 18.0 Å². The van der Waals surface area contributed by atoms with E-state index >= 15 is 0 Å². The Bertz CT molecular complexity index is 409. The first kappa shape index (κ1) is 11.8. The Hall–Kier alpha value is -0.650. The largest absolute Gasteiger partial charge is 0.324 e. The second-order valence-electron chi connectivity index (χ2n) is 3.71. The third-order valence-electron chi connectivity index (χ3n) is 2.50. The minimum absolute atomic E-state index is 0.00775. The molecule has 5 heteroatoms. The van der Waals surface area contributed by atoms with Crippen LogP contribution in [0.4, 0.5) is 5.69 Å². The van der Waals surface area contributed by atoms with Crippen LogP contribution in [0.3, 0.4) is 0 Å². The first-order valence-electron chi connectivity index (χ1n) is 5.13. The Labute approximate surface area is 105 Å². The van der Waals surface area contributed by atoms with E-state index in [9.17, 15) is 4.79 Å². The molecular weight excluding hydrogens is 240 g/mol. The molecule has 1 atom stereocenters. The van der Waals surface area contributed by atoms with Crippen LogP contribution in [0.2, 0.25) is 0 Å². The lowest BCUT2D eigenvalue weighted by molar-refractivity contribution is -0.113. The molecule has 0 saturated carbocycles. The Morgan fingerprint density at radius 2 is 2.38 bits per heavy atom. The molecule has 1 aliphatic rings. The molecule has 0 aromatic heterocycles. The van der Waals surface area contributed by atoms with Gasteiger partial charge in [0.25, 0.3) is 0 Å². The number of fused-ring (bicyclic) bond motifs is 1. The topological polar surface area (TPSA) is 55.1 Å². The van der Waals surface area contributed by atoms with Crippen molar-refractivity contribution in [1.82, 2.24) is 0 Å². The number of benzene rings is 1. The van der Waals surface area contributed by atoms with Gasteiger partial charge in [-0.3, -0.25) is 4.79 Å². The molecule has 3 N–H and O–H groups in total. The predicted molar refractivity (Wildman–Crippen MR) is 71.2 cm³/mol. The van der Waals surface area contributed by atoms with Crippen LogP contribution >= 0.6 is 24.4 Å². The van der Waals surface area contributed by atoms with Crippen LogP contribution in [0, 0.1) is 0 Å². The number of nitrogens with one attached hydrogen (secondary N) is 1. The number of anilines is 1. The van der Waals surface area contributed by atoms with Crippen molar-refractivity contribution in [2.75, 3.05) is 16.8 Å². The van der Waals surface area contributed by atoms with E-state index in [4.69, 9.17) is 5.73 Å². The van der Waals surface area contributed by atoms with Gasteiger partial charge in [-0.2, -0.15) is 12.6 Å². The fourth-order valence-corrected chi connectivity index (χ4v) is 2.70. The lowest BCUT2D eigenvalue weighted by Gasteiger charge is -2.19. The van der Waals surface area contributed by atoms with Crippen molar-refractivity contribution >= 4 is 36.0 Å². The molecule has 0 spiro atoms. The van der Waals surface area contributed by atoms with Crippen LogP contribution in [0.5, 0.6) is 0 Å². The molecule has 0 saturated heterocycles. The smallest absolute Gasteiger partial charge is 0.234 e. The van der Waals surface area contributed by atoms with Crippen LogP contribution in [0.25, 0.3) is 0 Å². The van der Waals surface area contributed by atoms with Crippen LogP contribution in [0.15, 0.2) is 23.1 Å². The maximum atomic E-state index is 11.3. The molecular formula is C11H14N2OS2. The summed E-state index contributed by atoms with van der Waals surface area (Å²) in [4.78, 5) is 12.4. The zero-order valence-corrected chi connectivity index (χ0v) is 10.5. The number of rotatable bonds is 3. The molecule has 0 aliphatic carbocycles. The first-order chi connectivity index (χ1) is 7.70. The normalized spacial score (nSPS) is 16.5. The molecule has 2 rings (SSSR count). The predicted octanol–water partition coefficient (Wildman–Crippen LogP) is 2.05. The molecule has 3 nitrogen and oxygen atoms in total. The van der Waals surface area contributed by atoms with E-state index in [0.717, 1.165) is 28.3 Å². The fraction of sp³-hybridized carbons (Fsp3) is 0.364. The monoisotopic (exact) mass is 254 g/mol. The van der Waals surface area contributed by atoms with Crippen molar-refractivity contribution < 1.29 is 4.79 Å². The van der Waals surface area contributed by atoms with Gasteiger partial charge >= 0.3 is 0 Å². The number of amides is 1. The molecule has 1 aliphatic heterocycles. The van der Waals surface area contributed by atoms with E-state index in [1.54, 1.807) is 11.8 Å². The zero-order chi connectivity index (χ0) is 11.5.